The molecule has 0 aromatic carbocycles. The smallest absolute Gasteiger partial charge is 0.220 e. The summed E-state index contributed by atoms with van der Waals surface area (Å²) in [5, 5.41) is 53.6. The molecule has 1 aliphatic heterocycles. The highest BCUT2D eigenvalue weighted by atomic mass is 16.7. The quantitative estimate of drug-likeness (QED) is 0.0425. The summed E-state index contributed by atoms with van der Waals surface area (Å²) >= 11 is 0. The normalized spacial score (nSPS) is 23.3. The summed E-state index contributed by atoms with van der Waals surface area (Å²) < 4.78 is 11.1. The van der Waals surface area contributed by atoms with Crippen LogP contribution < -0.4 is 5.32 Å². The molecule has 1 amide bonds. The maximum atomic E-state index is 12.8. The molecule has 270 valence electrons. The summed E-state index contributed by atoms with van der Waals surface area (Å²) in [7, 11) is 0. The standard InChI is InChI=1S/C37H69NO8/c1-3-5-7-9-11-13-14-15-16-17-18-19-21-23-25-27-33(41)38-30(31(40)26-24-22-20-12-10-8-6-4-2)29-45-37-36(44)35(43)34(42)32(28-39)46-37/h10,12,24,26,30-32,34-37,39-40,42-44H,3-9,11,13-23,25,27-29H2,1-2H3,(H,38,41)/b12-10+,26-24+. The van der Waals surface area contributed by atoms with Crippen molar-refractivity contribution in [1.82, 2.24) is 5.32 Å². The minimum Gasteiger partial charge on any atom is -0.394 e. The van der Waals surface area contributed by atoms with Gasteiger partial charge in [-0.3, -0.25) is 4.79 Å². The largest absolute Gasteiger partial charge is 0.394 e. The van der Waals surface area contributed by atoms with Crippen LogP contribution in [0.4, 0.5) is 0 Å². The molecule has 7 unspecified atom stereocenters. The topological polar surface area (TPSA) is 149 Å². The molecule has 6 N–H and O–H groups in total. The van der Waals surface area contributed by atoms with E-state index in [4.69, 9.17) is 9.47 Å². The van der Waals surface area contributed by atoms with Gasteiger partial charge in [0.25, 0.3) is 0 Å². The molecular weight excluding hydrogens is 586 g/mol. The van der Waals surface area contributed by atoms with E-state index in [0.29, 0.717) is 6.42 Å². The number of hydrogen-bond acceptors (Lipinski definition) is 8. The van der Waals surface area contributed by atoms with Gasteiger partial charge in [0.2, 0.25) is 5.91 Å². The number of carbonyl (C=O) groups excluding carboxylic acids is 1. The highest BCUT2D eigenvalue weighted by Gasteiger charge is 2.44. The van der Waals surface area contributed by atoms with Crippen LogP contribution in [-0.4, -0.2) is 87.5 Å². The maximum Gasteiger partial charge on any atom is 0.220 e. The molecule has 0 aromatic heterocycles. The average molecular weight is 656 g/mol. The van der Waals surface area contributed by atoms with E-state index < -0.39 is 49.5 Å². The van der Waals surface area contributed by atoms with Crippen molar-refractivity contribution in [2.75, 3.05) is 13.2 Å². The Morgan fingerprint density at radius 3 is 1.80 bits per heavy atom. The zero-order valence-electron chi connectivity index (χ0n) is 29.1. The fourth-order valence-corrected chi connectivity index (χ4v) is 5.68. The molecule has 1 saturated heterocycles. The molecule has 9 nitrogen and oxygen atoms in total. The Balaban J connectivity index is 2.42. The van der Waals surface area contributed by atoms with Crippen LogP contribution in [0.25, 0.3) is 0 Å². The fraction of sp³-hybridized carbons (Fsp3) is 0.865. The summed E-state index contributed by atoms with van der Waals surface area (Å²) in [6, 6.07) is -0.812. The fourth-order valence-electron chi connectivity index (χ4n) is 5.68. The van der Waals surface area contributed by atoms with Gasteiger partial charge in [-0.15, -0.1) is 0 Å². The van der Waals surface area contributed by atoms with Crippen molar-refractivity contribution < 1.29 is 39.8 Å². The first kappa shape index (κ1) is 42.7. The number of rotatable bonds is 29. The molecule has 0 aliphatic carbocycles. The van der Waals surface area contributed by atoms with Crippen LogP contribution >= 0.6 is 0 Å². The van der Waals surface area contributed by atoms with Crippen molar-refractivity contribution in [3.63, 3.8) is 0 Å². The monoisotopic (exact) mass is 656 g/mol. The number of hydrogen-bond donors (Lipinski definition) is 6. The highest BCUT2D eigenvalue weighted by Crippen LogP contribution is 2.22. The van der Waals surface area contributed by atoms with Gasteiger partial charge in [-0.2, -0.15) is 0 Å². The second kappa shape index (κ2) is 28.7. The van der Waals surface area contributed by atoms with Gasteiger partial charge in [-0.1, -0.05) is 141 Å². The Bertz CT molecular complexity index is 776. The first-order valence-corrected chi connectivity index (χ1v) is 18.6. The van der Waals surface area contributed by atoms with Crippen molar-refractivity contribution in [1.29, 1.82) is 0 Å². The molecule has 7 atom stereocenters. The number of nitrogens with one attached hydrogen (secondary N) is 1. The number of unbranched alkanes of at least 4 members (excludes halogenated alkanes) is 17. The van der Waals surface area contributed by atoms with E-state index in [1.165, 1.54) is 83.5 Å². The summed E-state index contributed by atoms with van der Waals surface area (Å²) in [6.45, 7) is 3.65. The number of ether oxygens (including phenoxy) is 2. The van der Waals surface area contributed by atoms with Crippen LogP contribution in [0.2, 0.25) is 0 Å². The molecular formula is C37H69NO8. The van der Waals surface area contributed by atoms with Gasteiger partial charge >= 0.3 is 0 Å². The van der Waals surface area contributed by atoms with Crippen molar-refractivity contribution in [3.05, 3.63) is 24.3 Å². The third kappa shape index (κ3) is 20.1. The second-order valence-corrected chi connectivity index (χ2v) is 13.0. The molecule has 0 aromatic rings. The molecule has 1 heterocycles. The minimum absolute atomic E-state index is 0.191. The molecule has 0 spiro atoms. The SMILES string of the molecule is CCCC/C=C/CC/C=C/C(O)C(COC1OC(CO)C(O)C(O)C1O)NC(=O)CCCCCCCCCCCCCCCCC. The zero-order valence-corrected chi connectivity index (χ0v) is 29.1. The lowest BCUT2D eigenvalue weighted by Crippen LogP contribution is -2.60. The molecule has 0 radical (unpaired) electrons. The number of amides is 1. The van der Waals surface area contributed by atoms with E-state index in [2.05, 4.69) is 31.3 Å². The van der Waals surface area contributed by atoms with E-state index in [9.17, 15) is 30.3 Å². The molecule has 1 rings (SSSR count). The lowest BCUT2D eigenvalue weighted by molar-refractivity contribution is -0.302. The van der Waals surface area contributed by atoms with Gasteiger partial charge in [0.05, 0.1) is 25.4 Å². The van der Waals surface area contributed by atoms with Crippen LogP contribution in [0.1, 0.15) is 149 Å². The number of aliphatic hydroxyl groups excluding tert-OH is 5. The average Bonchev–Trinajstić information content (AvgIpc) is 3.05. The molecule has 46 heavy (non-hydrogen) atoms. The van der Waals surface area contributed by atoms with Crippen LogP contribution in [0.3, 0.4) is 0 Å². The Labute approximate surface area is 279 Å². The number of allylic oxidation sites excluding steroid dienone is 3. The van der Waals surface area contributed by atoms with Crippen LogP contribution in [0.15, 0.2) is 24.3 Å². The van der Waals surface area contributed by atoms with E-state index in [1.54, 1.807) is 6.08 Å². The van der Waals surface area contributed by atoms with Gasteiger partial charge in [-0.05, 0) is 25.7 Å². The first-order valence-electron chi connectivity index (χ1n) is 18.6. The van der Waals surface area contributed by atoms with Gasteiger partial charge in [0.1, 0.15) is 24.4 Å². The third-order valence-corrected chi connectivity index (χ3v) is 8.78. The summed E-state index contributed by atoms with van der Waals surface area (Å²) in [4.78, 5) is 12.8. The van der Waals surface area contributed by atoms with Gasteiger partial charge in [-0.25, -0.2) is 0 Å². The van der Waals surface area contributed by atoms with Crippen molar-refractivity contribution in [2.24, 2.45) is 0 Å². The maximum absolute atomic E-state index is 12.8. The predicted octanol–water partition coefficient (Wildman–Crippen LogP) is 5.99. The summed E-state index contributed by atoms with van der Waals surface area (Å²) in [5.41, 5.74) is 0. The Morgan fingerprint density at radius 1 is 0.717 bits per heavy atom. The molecule has 0 saturated carbocycles. The molecule has 9 heteroatoms. The lowest BCUT2D eigenvalue weighted by Gasteiger charge is -2.40. The first-order chi connectivity index (χ1) is 22.3. The molecule has 1 aliphatic rings. The number of carbonyl (C=O) groups is 1. The zero-order chi connectivity index (χ0) is 33.8. The Morgan fingerprint density at radius 2 is 1.24 bits per heavy atom. The van der Waals surface area contributed by atoms with Crippen LogP contribution in [-0.2, 0) is 14.3 Å². The van der Waals surface area contributed by atoms with E-state index >= 15 is 0 Å². The van der Waals surface area contributed by atoms with Crippen LogP contribution in [0.5, 0.6) is 0 Å². The van der Waals surface area contributed by atoms with Gasteiger partial charge < -0.3 is 40.3 Å². The Kier molecular flexibility index (Phi) is 26.6. The minimum atomic E-state index is -1.57. The number of aliphatic hydroxyl groups is 5. The van der Waals surface area contributed by atoms with Crippen molar-refractivity contribution in [2.45, 2.75) is 192 Å². The van der Waals surface area contributed by atoms with E-state index in [1.807, 2.05) is 6.08 Å². The molecule has 1 fully saturated rings. The van der Waals surface area contributed by atoms with Gasteiger partial charge in [0.15, 0.2) is 6.29 Å². The van der Waals surface area contributed by atoms with Crippen molar-refractivity contribution in [3.8, 4) is 0 Å². The van der Waals surface area contributed by atoms with Gasteiger partial charge in [0, 0.05) is 6.42 Å². The van der Waals surface area contributed by atoms with E-state index in [-0.39, 0.29) is 12.5 Å². The van der Waals surface area contributed by atoms with Crippen LogP contribution in [0, 0.1) is 0 Å². The second-order valence-electron chi connectivity index (χ2n) is 13.0. The highest BCUT2D eigenvalue weighted by molar-refractivity contribution is 5.76. The van der Waals surface area contributed by atoms with Crippen molar-refractivity contribution >= 4 is 5.91 Å². The predicted molar refractivity (Wildman–Crippen MR) is 184 cm³/mol. The van der Waals surface area contributed by atoms with E-state index in [0.717, 1.165) is 44.9 Å². The Hall–Kier alpha value is -1.33. The molecule has 0 bridgehead atoms. The summed E-state index contributed by atoms with van der Waals surface area (Å²) in [5.74, 6) is -0.191. The lowest BCUT2D eigenvalue weighted by atomic mass is 9.99. The third-order valence-electron chi connectivity index (χ3n) is 8.78. The summed E-state index contributed by atoms with van der Waals surface area (Å²) in [6.07, 6.45) is 23.8.